The minimum absolute atomic E-state index is 0.287. The highest BCUT2D eigenvalue weighted by Crippen LogP contribution is 2.12. The summed E-state index contributed by atoms with van der Waals surface area (Å²) < 4.78 is 1.97. The van der Waals surface area contributed by atoms with Crippen LogP contribution in [0.4, 0.5) is 0 Å². The molecule has 2 atom stereocenters. The molecule has 0 aliphatic rings. The van der Waals surface area contributed by atoms with Gasteiger partial charge >= 0.3 is 0 Å². The number of hydrogen-bond acceptors (Lipinski definition) is 2. The quantitative estimate of drug-likeness (QED) is 0.810. The Labute approximate surface area is 92.1 Å². The Morgan fingerprint density at radius 3 is 2.60 bits per heavy atom. The maximum atomic E-state index is 9.74. The molecule has 0 aliphatic carbocycles. The highest BCUT2D eigenvalue weighted by Gasteiger charge is 2.12. The lowest BCUT2D eigenvalue weighted by Crippen LogP contribution is -2.18. The molecule has 1 heterocycles. The number of hydrogen-bond donors (Lipinski definition) is 1. The minimum Gasteiger partial charge on any atom is -0.392 e. The predicted octanol–water partition coefficient (Wildman–Crippen LogP) is 2.41. The predicted molar refractivity (Wildman–Crippen MR) is 61.8 cm³/mol. The van der Waals surface area contributed by atoms with Crippen LogP contribution in [-0.4, -0.2) is 21.0 Å². The van der Waals surface area contributed by atoms with E-state index in [2.05, 4.69) is 18.9 Å². The van der Waals surface area contributed by atoms with Gasteiger partial charge in [0.25, 0.3) is 0 Å². The van der Waals surface area contributed by atoms with Gasteiger partial charge in [-0.25, -0.2) is 0 Å². The van der Waals surface area contributed by atoms with Crippen LogP contribution in [0.3, 0.4) is 0 Å². The molecule has 0 radical (unpaired) electrons. The summed E-state index contributed by atoms with van der Waals surface area (Å²) in [7, 11) is 0. The standard InChI is InChI=1S/C12H22N2O/c1-5-10(4)14-7-6-11(13-14)8-12(15)9(2)3/h6-7,9-10,12,15H,5,8H2,1-4H3. The first-order valence-corrected chi connectivity index (χ1v) is 5.76. The zero-order chi connectivity index (χ0) is 11.4. The van der Waals surface area contributed by atoms with E-state index in [1.165, 1.54) is 0 Å². The van der Waals surface area contributed by atoms with Crippen molar-refractivity contribution in [3.63, 3.8) is 0 Å². The van der Waals surface area contributed by atoms with Gasteiger partial charge in [-0.05, 0) is 25.3 Å². The van der Waals surface area contributed by atoms with Gasteiger partial charge in [0.2, 0.25) is 0 Å². The topological polar surface area (TPSA) is 38.0 Å². The fourth-order valence-electron chi connectivity index (χ4n) is 1.37. The molecule has 0 saturated heterocycles. The lowest BCUT2D eigenvalue weighted by atomic mass is 10.0. The van der Waals surface area contributed by atoms with E-state index in [0.29, 0.717) is 18.4 Å². The van der Waals surface area contributed by atoms with Crippen LogP contribution in [0.25, 0.3) is 0 Å². The molecule has 0 fully saturated rings. The molecule has 0 saturated carbocycles. The highest BCUT2D eigenvalue weighted by atomic mass is 16.3. The number of aliphatic hydroxyl groups is 1. The van der Waals surface area contributed by atoms with Crippen molar-refractivity contribution in [3.05, 3.63) is 18.0 Å². The summed E-state index contributed by atoms with van der Waals surface area (Å²) in [5.41, 5.74) is 0.983. The van der Waals surface area contributed by atoms with E-state index >= 15 is 0 Å². The molecule has 0 amide bonds. The molecule has 2 unspecified atom stereocenters. The van der Waals surface area contributed by atoms with Crippen LogP contribution in [0.5, 0.6) is 0 Å². The van der Waals surface area contributed by atoms with Gasteiger partial charge in [0.15, 0.2) is 0 Å². The van der Waals surface area contributed by atoms with E-state index in [1.807, 2.05) is 30.8 Å². The van der Waals surface area contributed by atoms with Gasteiger partial charge in [0, 0.05) is 18.7 Å². The van der Waals surface area contributed by atoms with Gasteiger partial charge in [-0.15, -0.1) is 0 Å². The zero-order valence-electron chi connectivity index (χ0n) is 10.1. The summed E-state index contributed by atoms with van der Waals surface area (Å²) in [6.45, 7) is 8.34. The third kappa shape index (κ3) is 3.34. The molecular formula is C12H22N2O. The number of aliphatic hydroxyl groups excluding tert-OH is 1. The lowest BCUT2D eigenvalue weighted by Gasteiger charge is -2.12. The average molecular weight is 210 g/mol. The van der Waals surface area contributed by atoms with Crippen molar-refractivity contribution in [3.8, 4) is 0 Å². The molecule has 15 heavy (non-hydrogen) atoms. The van der Waals surface area contributed by atoms with Gasteiger partial charge in [0.05, 0.1) is 11.8 Å². The number of rotatable bonds is 5. The number of nitrogens with zero attached hydrogens (tertiary/aromatic N) is 2. The van der Waals surface area contributed by atoms with E-state index in [1.54, 1.807) is 0 Å². The first-order valence-electron chi connectivity index (χ1n) is 5.76. The lowest BCUT2D eigenvalue weighted by molar-refractivity contribution is 0.124. The Hall–Kier alpha value is -0.830. The monoisotopic (exact) mass is 210 g/mol. The van der Waals surface area contributed by atoms with Gasteiger partial charge in [-0.2, -0.15) is 5.10 Å². The van der Waals surface area contributed by atoms with Crippen LogP contribution >= 0.6 is 0 Å². The van der Waals surface area contributed by atoms with E-state index in [-0.39, 0.29) is 6.10 Å². The maximum absolute atomic E-state index is 9.74. The van der Waals surface area contributed by atoms with E-state index in [9.17, 15) is 5.11 Å². The molecule has 1 rings (SSSR count). The fraction of sp³-hybridized carbons (Fsp3) is 0.750. The zero-order valence-corrected chi connectivity index (χ0v) is 10.1. The molecule has 0 aliphatic heterocycles. The van der Waals surface area contributed by atoms with Crippen LogP contribution in [0.1, 0.15) is 45.9 Å². The Morgan fingerprint density at radius 2 is 2.07 bits per heavy atom. The third-order valence-electron chi connectivity index (χ3n) is 2.89. The van der Waals surface area contributed by atoms with Crippen molar-refractivity contribution in [1.82, 2.24) is 9.78 Å². The summed E-state index contributed by atoms with van der Waals surface area (Å²) in [5.74, 6) is 0.291. The summed E-state index contributed by atoms with van der Waals surface area (Å²) in [6.07, 6.45) is 3.44. The van der Waals surface area contributed by atoms with Crippen LogP contribution in [-0.2, 0) is 6.42 Å². The summed E-state index contributed by atoms with van der Waals surface area (Å²) in [6, 6.07) is 2.44. The Morgan fingerprint density at radius 1 is 1.40 bits per heavy atom. The van der Waals surface area contributed by atoms with Crippen molar-refractivity contribution in [2.75, 3.05) is 0 Å². The molecule has 0 spiro atoms. The van der Waals surface area contributed by atoms with Gasteiger partial charge in [-0.1, -0.05) is 20.8 Å². The Kier molecular flexibility index (Phi) is 4.33. The summed E-state index contributed by atoms with van der Waals surface area (Å²) >= 11 is 0. The summed E-state index contributed by atoms with van der Waals surface area (Å²) in [5, 5.41) is 14.2. The third-order valence-corrected chi connectivity index (χ3v) is 2.89. The highest BCUT2D eigenvalue weighted by molar-refractivity contribution is 5.01. The fourth-order valence-corrected chi connectivity index (χ4v) is 1.37. The Bertz CT molecular complexity index is 294. The van der Waals surface area contributed by atoms with Gasteiger partial charge in [-0.3, -0.25) is 4.68 Å². The van der Waals surface area contributed by atoms with E-state index in [4.69, 9.17) is 0 Å². The molecule has 0 bridgehead atoms. The van der Waals surface area contributed by atoms with E-state index in [0.717, 1.165) is 12.1 Å². The molecule has 0 aromatic carbocycles. The maximum Gasteiger partial charge on any atom is 0.0650 e. The molecule has 3 nitrogen and oxygen atoms in total. The normalized spacial score (nSPS) is 15.6. The van der Waals surface area contributed by atoms with Crippen molar-refractivity contribution >= 4 is 0 Å². The average Bonchev–Trinajstić information content (AvgIpc) is 2.65. The number of aromatic nitrogens is 2. The largest absolute Gasteiger partial charge is 0.392 e. The first-order chi connectivity index (χ1) is 7.04. The minimum atomic E-state index is -0.287. The molecular weight excluding hydrogens is 188 g/mol. The molecule has 1 aromatic heterocycles. The van der Waals surface area contributed by atoms with Crippen molar-refractivity contribution in [1.29, 1.82) is 0 Å². The second kappa shape index (κ2) is 5.31. The van der Waals surface area contributed by atoms with Gasteiger partial charge < -0.3 is 5.11 Å². The van der Waals surface area contributed by atoms with Crippen LogP contribution in [0.15, 0.2) is 12.3 Å². The van der Waals surface area contributed by atoms with Crippen LogP contribution < -0.4 is 0 Å². The van der Waals surface area contributed by atoms with Crippen molar-refractivity contribution < 1.29 is 5.11 Å². The van der Waals surface area contributed by atoms with Crippen LogP contribution in [0.2, 0.25) is 0 Å². The van der Waals surface area contributed by atoms with Crippen molar-refractivity contribution in [2.45, 2.75) is 52.7 Å². The van der Waals surface area contributed by atoms with Crippen LogP contribution in [0, 0.1) is 5.92 Å². The SMILES string of the molecule is CCC(C)n1ccc(CC(O)C(C)C)n1. The molecule has 86 valence electrons. The van der Waals surface area contributed by atoms with Crippen molar-refractivity contribution in [2.24, 2.45) is 5.92 Å². The first kappa shape index (κ1) is 12.2. The van der Waals surface area contributed by atoms with E-state index < -0.39 is 0 Å². The summed E-state index contributed by atoms with van der Waals surface area (Å²) in [4.78, 5) is 0. The molecule has 3 heteroatoms. The second-order valence-corrected chi connectivity index (χ2v) is 4.56. The molecule has 1 aromatic rings. The second-order valence-electron chi connectivity index (χ2n) is 4.56. The molecule has 1 N–H and O–H groups in total. The van der Waals surface area contributed by atoms with Gasteiger partial charge in [0.1, 0.15) is 0 Å². The Balaban J connectivity index is 2.60. The smallest absolute Gasteiger partial charge is 0.0650 e.